The van der Waals surface area contributed by atoms with Crippen molar-refractivity contribution in [3.8, 4) is 0 Å². The molecule has 0 amide bonds. The zero-order valence-corrected chi connectivity index (χ0v) is 10.3. The van der Waals surface area contributed by atoms with Crippen LogP contribution in [0, 0.1) is 0 Å². The van der Waals surface area contributed by atoms with Crippen LogP contribution in [0.4, 0.5) is 0 Å². The SMILES string of the molecule is O.O=C([O-])C=CC(=O)[O-].[Na+].[Na+]. The summed E-state index contributed by atoms with van der Waals surface area (Å²) in [5, 5.41) is 18.8. The molecule has 11 heavy (non-hydrogen) atoms. The third kappa shape index (κ3) is 25.0. The minimum atomic E-state index is -1.55. The van der Waals surface area contributed by atoms with Crippen molar-refractivity contribution in [3.05, 3.63) is 12.2 Å². The molecule has 0 rings (SSSR count). The number of carboxylic acid groups (broad SMARTS) is 2. The fourth-order valence-electron chi connectivity index (χ4n) is 0.136. The van der Waals surface area contributed by atoms with Crippen LogP contribution in [0.1, 0.15) is 0 Å². The van der Waals surface area contributed by atoms with Crippen molar-refractivity contribution in [2.75, 3.05) is 0 Å². The van der Waals surface area contributed by atoms with Crippen LogP contribution in [0.25, 0.3) is 0 Å². The van der Waals surface area contributed by atoms with Gasteiger partial charge in [-0.05, 0) is 12.2 Å². The van der Waals surface area contributed by atoms with Crippen molar-refractivity contribution in [2.24, 2.45) is 0 Å². The summed E-state index contributed by atoms with van der Waals surface area (Å²) in [6.45, 7) is 0. The summed E-state index contributed by atoms with van der Waals surface area (Å²) >= 11 is 0. The molecular weight excluding hydrogens is 174 g/mol. The van der Waals surface area contributed by atoms with E-state index in [2.05, 4.69) is 0 Å². The Bertz CT molecular complexity index is 127. The van der Waals surface area contributed by atoms with Crippen molar-refractivity contribution in [2.45, 2.75) is 0 Å². The van der Waals surface area contributed by atoms with E-state index in [4.69, 9.17) is 0 Å². The molecule has 0 aliphatic heterocycles. The normalized spacial score (nSPS) is 6.91. The third-order valence-electron chi connectivity index (χ3n) is 0.355. The van der Waals surface area contributed by atoms with Crippen LogP contribution in [-0.2, 0) is 9.59 Å². The molecule has 0 atom stereocenters. The molecule has 0 radical (unpaired) electrons. The van der Waals surface area contributed by atoms with Crippen molar-refractivity contribution in [3.63, 3.8) is 0 Å². The average molecular weight is 178 g/mol. The maximum atomic E-state index is 9.41. The second-order valence-corrected chi connectivity index (χ2v) is 0.971. The van der Waals surface area contributed by atoms with Crippen LogP contribution in [0.5, 0.6) is 0 Å². The second-order valence-electron chi connectivity index (χ2n) is 0.971. The predicted octanol–water partition coefficient (Wildman–Crippen LogP) is -9.77. The Morgan fingerprint density at radius 3 is 1.18 bits per heavy atom. The standard InChI is InChI=1S/C4H4O4.2Na.H2O/c5-3(6)1-2-4(7)8;;;/h1-2H,(H,5,6)(H,7,8);;;1H2/q;2*+1;/p-2. The van der Waals surface area contributed by atoms with Gasteiger partial charge in [0, 0.05) is 0 Å². The summed E-state index contributed by atoms with van der Waals surface area (Å²) in [5.74, 6) is -3.09. The summed E-state index contributed by atoms with van der Waals surface area (Å²) in [4.78, 5) is 18.8. The minimum absolute atomic E-state index is 0. The van der Waals surface area contributed by atoms with Gasteiger partial charge in [-0.25, -0.2) is 0 Å². The van der Waals surface area contributed by atoms with Gasteiger partial charge in [0.15, 0.2) is 0 Å². The van der Waals surface area contributed by atoms with Crippen LogP contribution in [0.3, 0.4) is 0 Å². The van der Waals surface area contributed by atoms with E-state index in [1.807, 2.05) is 0 Å². The third-order valence-corrected chi connectivity index (χ3v) is 0.355. The van der Waals surface area contributed by atoms with Crippen LogP contribution in [-0.4, -0.2) is 17.4 Å². The molecule has 52 valence electrons. The zero-order chi connectivity index (χ0) is 6.57. The maximum Gasteiger partial charge on any atom is 1.00 e. The molecule has 0 aliphatic rings. The predicted molar refractivity (Wildman–Crippen MR) is 22.8 cm³/mol. The smallest absolute Gasteiger partial charge is 0.545 e. The number of hydrogen-bond donors (Lipinski definition) is 0. The molecule has 0 heterocycles. The molecule has 0 aliphatic carbocycles. The number of carbonyl (C=O) groups is 2. The fraction of sp³-hybridized carbons (Fsp3) is 0. The fourth-order valence-corrected chi connectivity index (χ4v) is 0.136. The zero-order valence-electron chi connectivity index (χ0n) is 6.29. The van der Waals surface area contributed by atoms with Crippen LogP contribution < -0.4 is 69.3 Å². The molecule has 5 nitrogen and oxygen atoms in total. The molecule has 7 heteroatoms. The first kappa shape index (κ1) is 22.6. The van der Waals surface area contributed by atoms with Gasteiger partial charge in [-0.3, -0.25) is 0 Å². The Labute approximate surface area is 107 Å². The van der Waals surface area contributed by atoms with Gasteiger partial charge < -0.3 is 25.3 Å². The number of hydrogen-bond acceptors (Lipinski definition) is 4. The summed E-state index contributed by atoms with van der Waals surface area (Å²) in [6, 6.07) is 0. The van der Waals surface area contributed by atoms with Gasteiger partial charge in [-0.15, -0.1) is 0 Å². The Morgan fingerprint density at radius 1 is 0.909 bits per heavy atom. The van der Waals surface area contributed by atoms with Gasteiger partial charge in [-0.2, -0.15) is 0 Å². The van der Waals surface area contributed by atoms with Gasteiger partial charge in [0.1, 0.15) is 0 Å². The van der Waals surface area contributed by atoms with Crippen LogP contribution in [0.15, 0.2) is 12.2 Å². The first-order valence-electron chi connectivity index (χ1n) is 1.73. The summed E-state index contributed by atoms with van der Waals surface area (Å²) in [5.41, 5.74) is 0. The number of aliphatic carboxylic acids is 2. The number of carboxylic acids is 2. The number of carbonyl (C=O) groups excluding carboxylic acids is 2. The first-order valence-corrected chi connectivity index (χ1v) is 1.73. The van der Waals surface area contributed by atoms with E-state index in [0.29, 0.717) is 12.2 Å². The largest absolute Gasteiger partial charge is 1.00 e. The quantitative estimate of drug-likeness (QED) is 0.308. The molecule has 0 spiro atoms. The Morgan fingerprint density at radius 2 is 1.09 bits per heavy atom. The topological polar surface area (TPSA) is 112 Å². The van der Waals surface area contributed by atoms with Gasteiger partial charge >= 0.3 is 59.1 Å². The average Bonchev–Trinajstić information content (AvgIpc) is 1.61. The Hall–Kier alpha value is 0.640. The van der Waals surface area contributed by atoms with Gasteiger partial charge in [0.05, 0.1) is 11.9 Å². The molecule has 0 saturated heterocycles. The van der Waals surface area contributed by atoms with Gasteiger partial charge in [-0.1, -0.05) is 0 Å². The Kier molecular flexibility index (Phi) is 27.2. The van der Waals surface area contributed by atoms with Crippen molar-refractivity contribution < 1.29 is 84.4 Å². The van der Waals surface area contributed by atoms with E-state index in [1.54, 1.807) is 0 Å². The van der Waals surface area contributed by atoms with Crippen LogP contribution >= 0.6 is 0 Å². The number of rotatable bonds is 2. The van der Waals surface area contributed by atoms with E-state index in [-0.39, 0.29) is 64.6 Å². The first-order chi connectivity index (χ1) is 3.63. The molecule has 0 fully saturated rings. The van der Waals surface area contributed by atoms with E-state index < -0.39 is 11.9 Å². The van der Waals surface area contributed by atoms with E-state index in [1.165, 1.54) is 0 Å². The van der Waals surface area contributed by atoms with Crippen LogP contribution in [0.2, 0.25) is 0 Å². The van der Waals surface area contributed by atoms with Gasteiger partial charge in [0.2, 0.25) is 0 Å². The maximum absolute atomic E-state index is 9.41. The molecule has 0 unspecified atom stereocenters. The van der Waals surface area contributed by atoms with Crippen molar-refractivity contribution in [1.82, 2.24) is 0 Å². The molecule has 0 bridgehead atoms. The van der Waals surface area contributed by atoms with E-state index >= 15 is 0 Å². The molecule has 0 saturated carbocycles. The minimum Gasteiger partial charge on any atom is -0.545 e. The monoisotopic (exact) mass is 178 g/mol. The van der Waals surface area contributed by atoms with Gasteiger partial charge in [0.25, 0.3) is 0 Å². The molecular formula is C4H4Na2O5. The summed E-state index contributed by atoms with van der Waals surface area (Å²) in [7, 11) is 0. The van der Waals surface area contributed by atoms with Crippen molar-refractivity contribution >= 4 is 11.9 Å². The van der Waals surface area contributed by atoms with E-state index in [0.717, 1.165) is 0 Å². The van der Waals surface area contributed by atoms with Crippen molar-refractivity contribution in [1.29, 1.82) is 0 Å². The Balaban J connectivity index is -0.0000000817. The molecule has 2 N–H and O–H groups in total. The molecule has 0 aromatic rings. The second kappa shape index (κ2) is 13.2. The summed E-state index contributed by atoms with van der Waals surface area (Å²) in [6.07, 6.45) is 0.769. The molecule has 0 aromatic heterocycles. The van der Waals surface area contributed by atoms with E-state index in [9.17, 15) is 19.8 Å². The summed E-state index contributed by atoms with van der Waals surface area (Å²) < 4.78 is 0. The molecule has 0 aromatic carbocycles.